The molecule has 4 aromatic rings. The van der Waals surface area contributed by atoms with Crippen LogP contribution in [0.4, 0.5) is 11.6 Å². The summed E-state index contributed by atoms with van der Waals surface area (Å²) in [5.74, 6) is 0.459. The van der Waals surface area contributed by atoms with E-state index in [1.165, 1.54) is 49.8 Å². The normalized spacial score (nSPS) is 12.5. The lowest BCUT2D eigenvalue weighted by Crippen LogP contribution is -2.29. The summed E-state index contributed by atoms with van der Waals surface area (Å²) >= 11 is 1.25. The molecule has 0 saturated carbocycles. The van der Waals surface area contributed by atoms with Crippen molar-refractivity contribution < 1.29 is 18.9 Å². The number of hydrogen-bond donors (Lipinski definition) is 2. The molecule has 2 aromatic heterocycles. The Kier molecular flexibility index (Phi) is 7.99. The van der Waals surface area contributed by atoms with E-state index < -0.39 is 11.3 Å². The molecule has 0 bridgehead atoms. The van der Waals surface area contributed by atoms with Gasteiger partial charge in [0.05, 0.1) is 19.6 Å². The highest BCUT2D eigenvalue weighted by molar-refractivity contribution is 7.94. The second-order valence-corrected chi connectivity index (χ2v) is 9.52. The van der Waals surface area contributed by atoms with E-state index >= 15 is 0 Å². The summed E-state index contributed by atoms with van der Waals surface area (Å²) in [5, 5.41) is 3.44. The molecule has 0 atom stereocenters. The van der Waals surface area contributed by atoms with E-state index in [2.05, 4.69) is 37.8 Å². The van der Waals surface area contributed by atoms with Crippen LogP contribution in [-0.4, -0.2) is 40.4 Å². The van der Waals surface area contributed by atoms with Crippen LogP contribution < -0.4 is 16.2 Å². The van der Waals surface area contributed by atoms with Crippen molar-refractivity contribution >= 4 is 40.6 Å². The first kappa shape index (κ1) is 25.9. The quantitative estimate of drug-likeness (QED) is 0.135. The Morgan fingerprint density at radius 3 is 2.71 bits per heavy atom. The summed E-state index contributed by atoms with van der Waals surface area (Å²) in [6.45, 7) is 0. The molecule has 2 heterocycles. The smallest absolute Gasteiger partial charge is 0.280 e. The van der Waals surface area contributed by atoms with Crippen LogP contribution in [0.25, 0.3) is 16.7 Å². The number of rotatable bonds is 10. The molecule has 0 radical (unpaired) electrons. The van der Waals surface area contributed by atoms with Crippen LogP contribution in [0.2, 0.25) is 0 Å². The molecular weight excluding hydrogens is 506 g/mol. The molecule has 38 heavy (non-hydrogen) atoms. The average molecular weight is 534 g/mol. The Labute approximate surface area is 223 Å². The Morgan fingerprint density at radius 1 is 1.11 bits per heavy atom. The Bertz CT molecular complexity index is 1520. The first-order chi connectivity index (χ1) is 18.6. The van der Waals surface area contributed by atoms with Gasteiger partial charge in [0.25, 0.3) is 5.91 Å². The van der Waals surface area contributed by atoms with Crippen molar-refractivity contribution in [3.8, 4) is 5.69 Å². The molecule has 10 nitrogen and oxygen atoms in total. The van der Waals surface area contributed by atoms with Crippen molar-refractivity contribution in [2.45, 2.75) is 25.7 Å². The number of benzene rings is 2. The SMILES string of the molecule is CONC(=O)c1cn(-c2ccc3c(c2)CCC3)c2nc(Nc3ccc(CCSOOC)cc3)ncc2c1=O. The largest absolute Gasteiger partial charge is 0.324 e. The zero-order chi connectivity index (χ0) is 26.5. The van der Waals surface area contributed by atoms with Gasteiger partial charge in [0.1, 0.15) is 5.56 Å². The molecule has 1 aliphatic carbocycles. The van der Waals surface area contributed by atoms with Crippen LogP contribution >= 0.6 is 12.0 Å². The second kappa shape index (κ2) is 11.7. The number of amides is 1. The molecule has 1 aliphatic rings. The molecule has 0 spiro atoms. The highest BCUT2D eigenvalue weighted by Gasteiger charge is 2.19. The van der Waals surface area contributed by atoms with Crippen LogP contribution in [0.3, 0.4) is 0 Å². The predicted octanol–water partition coefficient (Wildman–Crippen LogP) is 4.07. The fraction of sp³-hybridized carbons (Fsp3) is 0.259. The van der Waals surface area contributed by atoms with Gasteiger partial charge in [0.2, 0.25) is 11.4 Å². The number of aryl methyl sites for hydroxylation is 3. The number of hydrogen-bond acceptors (Lipinski definition) is 9. The Balaban J connectivity index is 1.50. The Morgan fingerprint density at radius 2 is 1.92 bits per heavy atom. The summed E-state index contributed by atoms with van der Waals surface area (Å²) in [6.07, 6.45) is 6.94. The predicted molar refractivity (Wildman–Crippen MR) is 146 cm³/mol. The van der Waals surface area contributed by atoms with Gasteiger partial charge in [0, 0.05) is 41.6 Å². The molecule has 0 fully saturated rings. The summed E-state index contributed by atoms with van der Waals surface area (Å²) in [6, 6.07) is 14.1. The molecule has 5 rings (SSSR count). The van der Waals surface area contributed by atoms with E-state index in [0.29, 0.717) is 11.6 Å². The van der Waals surface area contributed by atoms with Gasteiger partial charge in [-0.05, 0) is 66.6 Å². The van der Waals surface area contributed by atoms with Gasteiger partial charge in [-0.1, -0.05) is 18.2 Å². The zero-order valence-electron chi connectivity index (χ0n) is 21.0. The third-order valence-electron chi connectivity index (χ3n) is 6.34. The first-order valence-electron chi connectivity index (χ1n) is 12.1. The van der Waals surface area contributed by atoms with Crippen molar-refractivity contribution in [3.05, 3.63) is 87.3 Å². The minimum Gasteiger partial charge on any atom is -0.324 e. The molecule has 0 unspecified atom stereocenters. The molecule has 1 amide bonds. The molecule has 0 aliphatic heterocycles. The Hall–Kier alpha value is -3.77. The third-order valence-corrected chi connectivity index (χ3v) is 6.95. The molecule has 196 valence electrons. The lowest BCUT2D eigenvalue weighted by atomic mass is 10.1. The van der Waals surface area contributed by atoms with Gasteiger partial charge in [0.15, 0.2) is 5.65 Å². The molecule has 11 heteroatoms. The summed E-state index contributed by atoms with van der Waals surface area (Å²) < 4.78 is 6.59. The maximum Gasteiger partial charge on any atom is 0.280 e. The third kappa shape index (κ3) is 5.55. The lowest BCUT2D eigenvalue weighted by molar-refractivity contribution is -0.160. The van der Waals surface area contributed by atoms with E-state index in [-0.39, 0.29) is 10.9 Å². The molecule has 0 saturated heterocycles. The minimum atomic E-state index is -0.635. The number of hydroxylamine groups is 1. The van der Waals surface area contributed by atoms with Gasteiger partial charge in [-0.2, -0.15) is 9.32 Å². The minimum absolute atomic E-state index is 0.0613. The number of carbonyl (C=O) groups excluding carboxylic acids is 1. The highest BCUT2D eigenvalue weighted by Crippen LogP contribution is 2.26. The van der Waals surface area contributed by atoms with Gasteiger partial charge in [-0.25, -0.2) is 15.4 Å². The molecular formula is C27H27N5O5S. The zero-order valence-corrected chi connectivity index (χ0v) is 21.8. The van der Waals surface area contributed by atoms with Crippen molar-refractivity contribution in [2.75, 3.05) is 25.3 Å². The first-order valence-corrected chi connectivity index (χ1v) is 13.0. The van der Waals surface area contributed by atoms with Crippen molar-refractivity contribution in [3.63, 3.8) is 0 Å². The summed E-state index contributed by atoms with van der Waals surface area (Å²) in [4.78, 5) is 44.2. The van der Waals surface area contributed by atoms with E-state index in [4.69, 9.17) is 9.17 Å². The number of carbonyl (C=O) groups is 1. The van der Waals surface area contributed by atoms with Crippen LogP contribution in [-0.2, 0) is 33.3 Å². The summed E-state index contributed by atoms with van der Waals surface area (Å²) in [7, 11) is 2.80. The van der Waals surface area contributed by atoms with Gasteiger partial charge >= 0.3 is 0 Å². The molecule has 2 N–H and O–H groups in total. The number of nitrogens with zero attached hydrogens (tertiary/aromatic N) is 3. The van der Waals surface area contributed by atoms with Gasteiger partial charge in [-0.3, -0.25) is 14.4 Å². The van der Waals surface area contributed by atoms with E-state index in [9.17, 15) is 9.59 Å². The van der Waals surface area contributed by atoms with Crippen LogP contribution in [0.1, 0.15) is 33.5 Å². The second-order valence-electron chi connectivity index (χ2n) is 8.74. The number of fused-ring (bicyclic) bond motifs is 2. The van der Waals surface area contributed by atoms with Crippen molar-refractivity contribution in [2.24, 2.45) is 0 Å². The monoisotopic (exact) mass is 533 g/mol. The van der Waals surface area contributed by atoms with Gasteiger partial charge in [-0.15, -0.1) is 0 Å². The van der Waals surface area contributed by atoms with Crippen LogP contribution in [0.15, 0.2) is 59.7 Å². The molecule has 2 aromatic carbocycles. The van der Waals surface area contributed by atoms with Crippen LogP contribution in [0.5, 0.6) is 0 Å². The van der Waals surface area contributed by atoms with E-state index in [1.807, 2.05) is 30.3 Å². The summed E-state index contributed by atoms with van der Waals surface area (Å²) in [5.41, 5.74) is 7.44. The van der Waals surface area contributed by atoms with E-state index in [1.54, 1.807) is 4.57 Å². The van der Waals surface area contributed by atoms with Crippen molar-refractivity contribution in [1.82, 2.24) is 20.0 Å². The topological polar surface area (TPSA) is 117 Å². The van der Waals surface area contributed by atoms with Crippen molar-refractivity contribution in [1.29, 1.82) is 0 Å². The van der Waals surface area contributed by atoms with Crippen LogP contribution in [0, 0.1) is 0 Å². The highest BCUT2D eigenvalue weighted by atomic mass is 32.2. The number of anilines is 2. The lowest BCUT2D eigenvalue weighted by Gasteiger charge is -2.15. The van der Waals surface area contributed by atoms with E-state index in [0.717, 1.165) is 48.4 Å². The maximum atomic E-state index is 13.2. The number of pyridine rings is 1. The maximum absolute atomic E-state index is 13.2. The fourth-order valence-electron chi connectivity index (χ4n) is 4.51. The standard InChI is InChI=1S/C27H27N5O5S/c1-35-31-26(34)23-16-32(21-11-8-18-4-3-5-19(18)14-21)25-22(24(23)33)15-28-27(30-25)29-20-9-6-17(7-10-20)12-13-38-37-36-2/h6-11,14-16H,3-5,12-13H2,1-2H3,(H,31,34)(H,28,29,30). The fourth-order valence-corrected chi connectivity index (χ4v) is 4.99. The van der Waals surface area contributed by atoms with Gasteiger partial charge < -0.3 is 9.88 Å². The average Bonchev–Trinajstić information content (AvgIpc) is 3.40. The number of aromatic nitrogens is 3. The number of nitrogens with one attached hydrogen (secondary N) is 2.